The van der Waals surface area contributed by atoms with Crippen LogP contribution in [0.2, 0.25) is 0 Å². The molecule has 2 aromatic rings. The molecule has 4 rings (SSSR count). The number of ether oxygens (including phenoxy) is 2. The van der Waals surface area contributed by atoms with Crippen molar-refractivity contribution in [1.29, 1.82) is 0 Å². The lowest BCUT2D eigenvalue weighted by molar-refractivity contribution is -0.114. The van der Waals surface area contributed by atoms with Crippen molar-refractivity contribution < 1.29 is 14.3 Å². The first kappa shape index (κ1) is 15.4. The lowest BCUT2D eigenvalue weighted by atomic mass is 10.0. The summed E-state index contributed by atoms with van der Waals surface area (Å²) in [4.78, 5) is 12.9. The van der Waals surface area contributed by atoms with Gasteiger partial charge in [-0.2, -0.15) is 10.1 Å². The molecule has 126 valence electrons. The van der Waals surface area contributed by atoms with Gasteiger partial charge in [0, 0.05) is 0 Å². The number of hydrazone groups is 1. The fraction of sp³-hybridized carbons (Fsp3) is 0.200. The lowest BCUT2D eigenvalue weighted by Gasteiger charge is -2.11. The third-order valence-corrected chi connectivity index (χ3v) is 4.15. The van der Waals surface area contributed by atoms with Gasteiger partial charge in [-0.25, -0.2) is 0 Å². The Morgan fingerprint density at radius 2 is 1.92 bits per heavy atom. The molecule has 1 amide bonds. The fourth-order valence-corrected chi connectivity index (χ4v) is 2.94. The van der Waals surface area contributed by atoms with Crippen LogP contribution in [0.3, 0.4) is 0 Å². The van der Waals surface area contributed by atoms with Gasteiger partial charge in [0.1, 0.15) is 0 Å². The Hall–Kier alpha value is -3.08. The van der Waals surface area contributed by atoms with E-state index in [4.69, 9.17) is 9.47 Å². The second kappa shape index (κ2) is 6.43. The van der Waals surface area contributed by atoms with E-state index in [1.54, 1.807) is 0 Å². The Morgan fingerprint density at radius 3 is 2.72 bits per heavy atom. The van der Waals surface area contributed by atoms with Gasteiger partial charge in [0.2, 0.25) is 6.79 Å². The summed E-state index contributed by atoms with van der Waals surface area (Å²) in [6.45, 7) is 2.31. The highest BCUT2D eigenvalue weighted by molar-refractivity contribution is 6.32. The summed E-state index contributed by atoms with van der Waals surface area (Å²) in [5.74, 6) is 1.33. The smallest absolute Gasteiger partial charge is 0.280 e. The van der Waals surface area contributed by atoms with Crippen LogP contribution in [0, 0.1) is 0 Å². The molecule has 0 N–H and O–H groups in total. The number of nitrogens with zero attached hydrogens (tertiary/aromatic N) is 2. The molecule has 2 aliphatic heterocycles. The standard InChI is InChI=1S/C20H18N2O3/c1-2-6-17-16(11-14-9-10-18-19(12-14)25-13-24-18)20(23)22(21-17)15-7-4-3-5-8-15/h3-5,7-12H,2,6,13H2,1H3. The van der Waals surface area contributed by atoms with Crippen LogP contribution < -0.4 is 14.5 Å². The van der Waals surface area contributed by atoms with E-state index in [9.17, 15) is 4.79 Å². The van der Waals surface area contributed by atoms with Gasteiger partial charge >= 0.3 is 0 Å². The summed E-state index contributed by atoms with van der Waals surface area (Å²) >= 11 is 0. The molecule has 0 fully saturated rings. The molecular weight excluding hydrogens is 316 g/mol. The van der Waals surface area contributed by atoms with Crippen molar-refractivity contribution in [2.24, 2.45) is 5.10 Å². The molecule has 2 aliphatic rings. The molecule has 2 heterocycles. The zero-order chi connectivity index (χ0) is 17.2. The van der Waals surface area contributed by atoms with Crippen LogP contribution in [0.1, 0.15) is 25.3 Å². The number of para-hydroxylation sites is 1. The van der Waals surface area contributed by atoms with Crippen molar-refractivity contribution in [2.45, 2.75) is 19.8 Å². The Kier molecular flexibility index (Phi) is 3.98. The van der Waals surface area contributed by atoms with Gasteiger partial charge < -0.3 is 9.47 Å². The summed E-state index contributed by atoms with van der Waals surface area (Å²) in [5, 5.41) is 6.03. The molecule has 0 unspecified atom stereocenters. The first-order chi connectivity index (χ1) is 12.3. The van der Waals surface area contributed by atoms with Gasteiger partial charge in [-0.3, -0.25) is 4.79 Å². The van der Waals surface area contributed by atoms with Crippen molar-refractivity contribution in [3.05, 3.63) is 59.7 Å². The molecule has 0 saturated carbocycles. The number of carbonyl (C=O) groups excluding carboxylic acids is 1. The van der Waals surface area contributed by atoms with Gasteiger partial charge in [-0.1, -0.05) is 37.6 Å². The van der Waals surface area contributed by atoms with Crippen LogP contribution in [0.5, 0.6) is 11.5 Å². The second-order valence-electron chi connectivity index (χ2n) is 5.92. The second-order valence-corrected chi connectivity index (χ2v) is 5.92. The third-order valence-electron chi connectivity index (χ3n) is 4.15. The van der Waals surface area contributed by atoms with E-state index in [0.717, 1.165) is 35.6 Å². The topological polar surface area (TPSA) is 51.1 Å². The first-order valence-electron chi connectivity index (χ1n) is 8.35. The van der Waals surface area contributed by atoms with E-state index in [1.165, 1.54) is 5.01 Å². The Labute approximate surface area is 146 Å². The Balaban J connectivity index is 1.70. The minimum atomic E-state index is -0.104. The van der Waals surface area contributed by atoms with Gasteiger partial charge in [0.15, 0.2) is 11.5 Å². The summed E-state index contributed by atoms with van der Waals surface area (Å²) < 4.78 is 10.8. The number of amides is 1. The van der Waals surface area contributed by atoms with Crippen LogP contribution in [0.25, 0.3) is 6.08 Å². The Morgan fingerprint density at radius 1 is 1.12 bits per heavy atom. The summed E-state index contributed by atoms with van der Waals surface area (Å²) in [7, 11) is 0. The summed E-state index contributed by atoms with van der Waals surface area (Å²) in [6.07, 6.45) is 3.56. The predicted octanol–water partition coefficient (Wildman–Crippen LogP) is 4.00. The average Bonchev–Trinajstić information content (AvgIpc) is 3.22. The van der Waals surface area contributed by atoms with E-state index >= 15 is 0 Å². The van der Waals surface area contributed by atoms with Gasteiger partial charge in [-0.15, -0.1) is 0 Å². The molecular formula is C20H18N2O3. The molecule has 2 aromatic carbocycles. The molecule has 0 spiro atoms. The highest BCUT2D eigenvalue weighted by Gasteiger charge is 2.30. The lowest BCUT2D eigenvalue weighted by Crippen LogP contribution is -2.21. The average molecular weight is 334 g/mol. The van der Waals surface area contributed by atoms with Crippen molar-refractivity contribution >= 4 is 23.4 Å². The van der Waals surface area contributed by atoms with E-state index < -0.39 is 0 Å². The molecule has 0 radical (unpaired) electrons. The molecule has 0 saturated heterocycles. The van der Waals surface area contributed by atoms with Crippen LogP contribution in [-0.4, -0.2) is 18.4 Å². The number of hydrogen-bond acceptors (Lipinski definition) is 4. The number of anilines is 1. The number of benzene rings is 2. The maximum Gasteiger partial charge on any atom is 0.280 e. The Bertz CT molecular complexity index is 872. The first-order valence-corrected chi connectivity index (χ1v) is 8.35. The quantitative estimate of drug-likeness (QED) is 0.794. The largest absolute Gasteiger partial charge is 0.454 e. The molecule has 25 heavy (non-hydrogen) atoms. The van der Waals surface area contributed by atoms with Crippen molar-refractivity contribution in [2.75, 3.05) is 11.8 Å². The highest BCUT2D eigenvalue weighted by atomic mass is 16.7. The maximum absolute atomic E-state index is 12.9. The number of rotatable bonds is 4. The van der Waals surface area contributed by atoms with Crippen molar-refractivity contribution in [1.82, 2.24) is 0 Å². The van der Waals surface area contributed by atoms with Crippen LogP contribution >= 0.6 is 0 Å². The predicted molar refractivity (Wildman–Crippen MR) is 96.8 cm³/mol. The van der Waals surface area contributed by atoms with E-state index in [0.29, 0.717) is 11.3 Å². The molecule has 0 atom stereocenters. The molecule has 0 bridgehead atoms. The van der Waals surface area contributed by atoms with Gasteiger partial charge in [-0.05, 0) is 42.3 Å². The van der Waals surface area contributed by atoms with E-state index in [-0.39, 0.29) is 12.7 Å². The van der Waals surface area contributed by atoms with E-state index in [2.05, 4.69) is 12.0 Å². The number of hydrogen-bond donors (Lipinski definition) is 0. The van der Waals surface area contributed by atoms with E-state index in [1.807, 2.05) is 54.6 Å². The van der Waals surface area contributed by atoms with Crippen LogP contribution in [0.15, 0.2) is 59.2 Å². The van der Waals surface area contributed by atoms with Gasteiger partial charge in [0.25, 0.3) is 5.91 Å². The van der Waals surface area contributed by atoms with Crippen molar-refractivity contribution in [3.8, 4) is 11.5 Å². The zero-order valence-corrected chi connectivity index (χ0v) is 13.9. The minimum absolute atomic E-state index is 0.104. The fourth-order valence-electron chi connectivity index (χ4n) is 2.94. The van der Waals surface area contributed by atoms with Gasteiger partial charge in [0.05, 0.1) is 17.0 Å². The summed E-state index contributed by atoms with van der Waals surface area (Å²) in [5.41, 5.74) is 3.11. The highest BCUT2D eigenvalue weighted by Crippen LogP contribution is 2.34. The molecule has 5 heteroatoms. The van der Waals surface area contributed by atoms with Crippen LogP contribution in [0.4, 0.5) is 5.69 Å². The third kappa shape index (κ3) is 2.89. The zero-order valence-electron chi connectivity index (χ0n) is 13.9. The normalized spacial score (nSPS) is 17.3. The van der Waals surface area contributed by atoms with Crippen LogP contribution in [-0.2, 0) is 4.79 Å². The SMILES string of the molecule is CCCC1=NN(c2ccccc2)C(=O)C1=Cc1ccc2c(c1)OCO2. The monoisotopic (exact) mass is 334 g/mol. The number of fused-ring (bicyclic) bond motifs is 1. The summed E-state index contributed by atoms with van der Waals surface area (Å²) in [6, 6.07) is 15.2. The minimum Gasteiger partial charge on any atom is -0.454 e. The molecule has 0 aromatic heterocycles. The molecule has 0 aliphatic carbocycles. The van der Waals surface area contributed by atoms with Crippen molar-refractivity contribution in [3.63, 3.8) is 0 Å². The number of carbonyl (C=O) groups is 1. The molecule has 5 nitrogen and oxygen atoms in total. The maximum atomic E-state index is 12.9.